The Morgan fingerprint density at radius 1 is 1.32 bits per heavy atom. The van der Waals surface area contributed by atoms with Gasteiger partial charge in [0.2, 0.25) is 0 Å². The van der Waals surface area contributed by atoms with E-state index in [9.17, 15) is 22.8 Å². The molecule has 11 heteroatoms. The number of nitrogens with one attached hydrogen (secondary N) is 1. The van der Waals surface area contributed by atoms with Crippen LogP contribution >= 0.6 is 0 Å². The summed E-state index contributed by atoms with van der Waals surface area (Å²) in [5.74, 6) is -1.64. The maximum atomic E-state index is 12.6. The standard InChI is InChI=1S/C14H16F3N5O3/c1-9-7-11(14(15,16)17)20-21(9)6-2-4-18-13(25)10-3-5-19-22(10)8-12(23)24/h3,5,7H,2,4,6,8H2,1H3,(H,18,25)(H,23,24). The van der Waals surface area contributed by atoms with Gasteiger partial charge in [0.05, 0.1) is 0 Å². The average molecular weight is 359 g/mol. The summed E-state index contributed by atoms with van der Waals surface area (Å²) in [7, 11) is 0. The number of hydrogen-bond donors (Lipinski definition) is 2. The predicted molar refractivity (Wildman–Crippen MR) is 78.8 cm³/mol. The van der Waals surface area contributed by atoms with Gasteiger partial charge in [-0.05, 0) is 25.5 Å². The minimum atomic E-state index is -4.49. The SMILES string of the molecule is Cc1cc(C(F)(F)F)nn1CCCNC(=O)c1ccnn1CC(=O)O. The quantitative estimate of drug-likeness (QED) is 0.726. The van der Waals surface area contributed by atoms with Gasteiger partial charge in [-0.2, -0.15) is 23.4 Å². The lowest BCUT2D eigenvalue weighted by Crippen LogP contribution is -2.28. The van der Waals surface area contributed by atoms with Crippen molar-refractivity contribution < 1.29 is 27.9 Å². The number of carbonyl (C=O) groups excluding carboxylic acids is 1. The Kier molecular flexibility index (Phi) is 5.45. The van der Waals surface area contributed by atoms with E-state index in [1.54, 1.807) is 0 Å². The average Bonchev–Trinajstić information content (AvgIpc) is 3.09. The number of aryl methyl sites for hydroxylation is 2. The van der Waals surface area contributed by atoms with Crippen LogP contribution in [0.2, 0.25) is 0 Å². The Morgan fingerprint density at radius 2 is 2.04 bits per heavy atom. The van der Waals surface area contributed by atoms with Gasteiger partial charge in [0.25, 0.3) is 5.91 Å². The number of halogens is 3. The van der Waals surface area contributed by atoms with Gasteiger partial charge in [-0.3, -0.25) is 14.3 Å². The zero-order chi connectivity index (χ0) is 18.6. The molecule has 25 heavy (non-hydrogen) atoms. The number of aromatic nitrogens is 4. The lowest BCUT2D eigenvalue weighted by atomic mass is 10.3. The second-order valence-corrected chi connectivity index (χ2v) is 5.27. The summed E-state index contributed by atoms with van der Waals surface area (Å²) in [6, 6.07) is 2.34. The fourth-order valence-corrected chi connectivity index (χ4v) is 2.18. The predicted octanol–water partition coefficient (Wildman–Crippen LogP) is 1.31. The van der Waals surface area contributed by atoms with Gasteiger partial charge < -0.3 is 10.4 Å². The molecule has 0 aliphatic heterocycles. The second kappa shape index (κ2) is 7.36. The minimum absolute atomic E-state index is 0.0945. The third-order valence-electron chi connectivity index (χ3n) is 3.34. The van der Waals surface area contributed by atoms with E-state index >= 15 is 0 Å². The molecular weight excluding hydrogens is 343 g/mol. The fourth-order valence-electron chi connectivity index (χ4n) is 2.18. The summed E-state index contributed by atoms with van der Waals surface area (Å²) in [5, 5.41) is 18.5. The van der Waals surface area contributed by atoms with Gasteiger partial charge in [-0.1, -0.05) is 0 Å². The molecule has 0 fully saturated rings. The van der Waals surface area contributed by atoms with Crippen LogP contribution in [0.1, 0.15) is 28.3 Å². The number of aliphatic carboxylic acids is 1. The van der Waals surface area contributed by atoms with Crippen LogP contribution in [0.3, 0.4) is 0 Å². The molecular formula is C14H16F3N5O3. The van der Waals surface area contributed by atoms with Gasteiger partial charge in [-0.25, -0.2) is 4.68 Å². The van der Waals surface area contributed by atoms with Crippen LogP contribution in [-0.4, -0.2) is 43.1 Å². The highest BCUT2D eigenvalue weighted by atomic mass is 19.4. The molecule has 1 amide bonds. The maximum Gasteiger partial charge on any atom is 0.435 e. The Bertz CT molecular complexity index is 766. The molecule has 0 spiro atoms. The van der Waals surface area contributed by atoms with Gasteiger partial charge in [0.1, 0.15) is 12.2 Å². The summed E-state index contributed by atoms with van der Waals surface area (Å²) >= 11 is 0. The monoisotopic (exact) mass is 359 g/mol. The van der Waals surface area contributed by atoms with Crippen LogP contribution in [0.15, 0.2) is 18.3 Å². The fraction of sp³-hybridized carbons (Fsp3) is 0.429. The summed E-state index contributed by atoms with van der Waals surface area (Å²) in [6.07, 6.45) is -2.82. The number of amides is 1. The van der Waals surface area contributed by atoms with E-state index in [0.717, 1.165) is 10.7 Å². The van der Waals surface area contributed by atoms with Crippen molar-refractivity contribution in [3.05, 3.63) is 35.4 Å². The molecule has 0 saturated heterocycles. The Hall–Kier alpha value is -2.85. The zero-order valence-corrected chi connectivity index (χ0v) is 13.2. The van der Waals surface area contributed by atoms with Crippen LogP contribution in [0, 0.1) is 6.92 Å². The molecule has 0 saturated carbocycles. The highest BCUT2D eigenvalue weighted by Crippen LogP contribution is 2.28. The zero-order valence-electron chi connectivity index (χ0n) is 13.2. The molecule has 0 atom stereocenters. The van der Waals surface area contributed by atoms with E-state index in [0.29, 0.717) is 12.1 Å². The lowest BCUT2D eigenvalue weighted by molar-refractivity contribution is -0.141. The Morgan fingerprint density at radius 3 is 2.64 bits per heavy atom. The highest BCUT2D eigenvalue weighted by Gasteiger charge is 2.34. The number of carboxylic acids is 1. The van der Waals surface area contributed by atoms with E-state index < -0.39 is 30.3 Å². The van der Waals surface area contributed by atoms with Crippen LogP contribution < -0.4 is 5.32 Å². The van der Waals surface area contributed by atoms with Crippen LogP contribution in [0.25, 0.3) is 0 Å². The molecule has 2 aromatic heterocycles. The van der Waals surface area contributed by atoms with Crippen molar-refractivity contribution >= 4 is 11.9 Å². The maximum absolute atomic E-state index is 12.6. The first-order valence-electron chi connectivity index (χ1n) is 7.32. The summed E-state index contributed by atoms with van der Waals surface area (Å²) in [6.45, 7) is 1.47. The number of carbonyl (C=O) groups is 2. The smallest absolute Gasteiger partial charge is 0.435 e. The van der Waals surface area contributed by atoms with Gasteiger partial charge in [0, 0.05) is 25.0 Å². The molecule has 8 nitrogen and oxygen atoms in total. The van der Waals surface area contributed by atoms with E-state index in [-0.39, 0.29) is 18.8 Å². The Labute approximate surface area is 140 Å². The van der Waals surface area contributed by atoms with Gasteiger partial charge in [0.15, 0.2) is 5.69 Å². The van der Waals surface area contributed by atoms with Crippen molar-refractivity contribution in [2.45, 2.75) is 32.6 Å². The minimum Gasteiger partial charge on any atom is -0.480 e. The first kappa shape index (κ1) is 18.5. The molecule has 0 aliphatic carbocycles. The molecule has 0 radical (unpaired) electrons. The molecule has 2 heterocycles. The molecule has 2 rings (SSSR count). The topological polar surface area (TPSA) is 102 Å². The number of carboxylic acid groups (broad SMARTS) is 1. The number of nitrogens with zero attached hydrogens (tertiary/aromatic N) is 4. The van der Waals surface area contributed by atoms with Gasteiger partial charge in [-0.15, -0.1) is 0 Å². The van der Waals surface area contributed by atoms with Crippen molar-refractivity contribution in [1.82, 2.24) is 24.9 Å². The van der Waals surface area contributed by atoms with Crippen LogP contribution in [0.5, 0.6) is 0 Å². The van der Waals surface area contributed by atoms with Crippen LogP contribution in [-0.2, 0) is 24.1 Å². The lowest BCUT2D eigenvalue weighted by Gasteiger charge is -2.08. The van der Waals surface area contributed by atoms with Crippen molar-refractivity contribution in [2.24, 2.45) is 0 Å². The first-order valence-corrected chi connectivity index (χ1v) is 7.32. The molecule has 0 unspecified atom stereocenters. The molecule has 136 valence electrons. The summed E-state index contributed by atoms with van der Waals surface area (Å²) < 4.78 is 40.0. The third-order valence-corrected chi connectivity index (χ3v) is 3.34. The summed E-state index contributed by atoms with van der Waals surface area (Å²) in [4.78, 5) is 22.7. The molecule has 2 aromatic rings. The van der Waals surface area contributed by atoms with E-state index in [1.165, 1.54) is 23.9 Å². The number of rotatable bonds is 7. The van der Waals surface area contributed by atoms with Gasteiger partial charge >= 0.3 is 12.1 Å². The summed E-state index contributed by atoms with van der Waals surface area (Å²) in [5.41, 5.74) is -0.484. The van der Waals surface area contributed by atoms with Crippen molar-refractivity contribution in [3.63, 3.8) is 0 Å². The highest BCUT2D eigenvalue weighted by molar-refractivity contribution is 5.92. The molecule has 0 bridgehead atoms. The number of hydrogen-bond acceptors (Lipinski definition) is 4. The first-order chi connectivity index (χ1) is 11.7. The van der Waals surface area contributed by atoms with Crippen molar-refractivity contribution in [2.75, 3.05) is 6.54 Å². The second-order valence-electron chi connectivity index (χ2n) is 5.27. The Balaban J connectivity index is 1.86. The van der Waals surface area contributed by atoms with Crippen molar-refractivity contribution in [3.8, 4) is 0 Å². The molecule has 0 aliphatic rings. The largest absolute Gasteiger partial charge is 0.480 e. The molecule has 0 aromatic carbocycles. The van der Waals surface area contributed by atoms with Crippen LogP contribution in [0.4, 0.5) is 13.2 Å². The number of alkyl halides is 3. The van der Waals surface area contributed by atoms with E-state index in [4.69, 9.17) is 5.11 Å². The third kappa shape index (κ3) is 4.81. The van der Waals surface area contributed by atoms with E-state index in [1.807, 2.05) is 0 Å². The van der Waals surface area contributed by atoms with E-state index in [2.05, 4.69) is 15.5 Å². The molecule has 2 N–H and O–H groups in total. The normalized spacial score (nSPS) is 11.5. The van der Waals surface area contributed by atoms with Crippen molar-refractivity contribution in [1.29, 1.82) is 0 Å².